The summed E-state index contributed by atoms with van der Waals surface area (Å²) in [5.74, 6) is -0.818. The van der Waals surface area contributed by atoms with E-state index in [0.717, 1.165) is 32.9 Å². The summed E-state index contributed by atoms with van der Waals surface area (Å²) in [7, 11) is 1.62. The molecule has 156 valence electrons. The summed E-state index contributed by atoms with van der Waals surface area (Å²) in [6.45, 7) is 1.76. The van der Waals surface area contributed by atoms with E-state index in [4.69, 9.17) is 4.74 Å². The maximum absolute atomic E-state index is 12.6. The highest BCUT2D eigenvalue weighted by Crippen LogP contribution is 2.26. The van der Waals surface area contributed by atoms with Crippen molar-refractivity contribution in [2.45, 2.75) is 12.8 Å². The number of hydrogen-bond donors (Lipinski definition) is 3. The van der Waals surface area contributed by atoms with Crippen molar-refractivity contribution in [1.82, 2.24) is 10.9 Å². The topological polar surface area (TPSA) is 87.7 Å². The molecular weight excluding hydrogens is 392 g/mol. The van der Waals surface area contributed by atoms with Gasteiger partial charge in [0.15, 0.2) is 0 Å². The molecule has 31 heavy (non-hydrogen) atoms. The van der Waals surface area contributed by atoms with E-state index in [-0.39, 0.29) is 17.2 Å². The number of carbonyl (C=O) groups is 2. The minimum atomic E-state index is -0.589. The summed E-state index contributed by atoms with van der Waals surface area (Å²) in [5, 5.41) is 13.8. The van der Waals surface area contributed by atoms with Crippen molar-refractivity contribution in [3.63, 3.8) is 0 Å². The number of phenolic OH excluding ortho intramolecular Hbond substituents is 1. The van der Waals surface area contributed by atoms with Gasteiger partial charge in [0.25, 0.3) is 5.91 Å². The van der Waals surface area contributed by atoms with Gasteiger partial charge in [0.2, 0.25) is 5.91 Å². The van der Waals surface area contributed by atoms with Gasteiger partial charge in [-0.25, -0.2) is 0 Å². The zero-order chi connectivity index (χ0) is 22.0. The number of ether oxygens (including phenoxy) is 1. The average molecular weight is 414 g/mol. The number of methoxy groups -OCH3 is 1. The van der Waals surface area contributed by atoms with E-state index in [1.54, 1.807) is 20.1 Å². The van der Waals surface area contributed by atoms with Crippen LogP contribution in [0.15, 0.2) is 72.8 Å². The Morgan fingerprint density at radius 3 is 2.23 bits per heavy atom. The van der Waals surface area contributed by atoms with Gasteiger partial charge in [-0.05, 0) is 58.3 Å². The van der Waals surface area contributed by atoms with E-state index in [1.807, 2.05) is 60.7 Å². The first-order valence-electron chi connectivity index (χ1n) is 9.86. The fourth-order valence-corrected chi connectivity index (χ4v) is 3.49. The molecule has 0 fully saturated rings. The summed E-state index contributed by atoms with van der Waals surface area (Å²) in [6, 6.07) is 22.0. The molecule has 0 spiro atoms. The number of hydrazine groups is 1. The van der Waals surface area contributed by atoms with Crippen molar-refractivity contribution < 1.29 is 19.4 Å². The van der Waals surface area contributed by atoms with Crippen molar-refractivity contribution in [1.29, 1.82) is 0 Å². The summed E-state index contributed by atoms with van der Waals surface area (Å²) >= 11 is 0. The minimum Gasteiger partial charge on any atom is -0.507 e. The Balaban J connectivity index is 1.46. The monoisotopic (exact) mass is 414 g/mol. The second-order valence-corrected chi connectivity index (χ2v) is 7.35. The largest absolute Gasteiger partial charge is 0.507 e. The maximum atomic E-state index is 12.6. The van der Waals surface area contributed by atoms with Gasteiger partial charge in [-0.15, -0.1) is 0 Å². The van der Waals surface area contributed by atoms with E-state index in [2.05, 4.69) is 10.9 Å². The molecule has 6 nitrogen and oxygen atoms in total. The van der Waals surface area contributed by atoms with Gasteiger partial charge in [0, 0.05) is 0 Å². The maximum Gasteiger partial charge on any atom is 0.273 e. The molecule has 2 amide bonds. The third kappa shape index (κ3) is 4.14. The Morgan fingerprint density at radius 1 is 0.839 bits per heavy atom. The summed E-state index contributed by atoms with van der Waals surface area (Å²) in [4.78, 5) is 25.1. The van der Waals surface area contributed by atoms with Crippen molar-refractivity contribution in [2.75, 3.05) is 7.11 Å². The molecule has 4 rings (SSSR count). The summed E-state index contributed by atoms with van der Waals surface area (Å²) in [6.07, 6.45) is 0. The van der Waals surface area contributed by atoms with Crippen molar-refractivity contribution in [3.8, 4) is 11.5 Å². The van der Waals surface area contributed by atoms with Crippen LogP contribution in [0.4, 0.5) is 0 Å². The highest BCUT2D eigenvalue weighted by molar-refractivity contribution is 6.02. The van der Waals surface area contributed by atoms with Crippen LogP contribution in [-0.2, 0) is 4.79 Å². The highest BCUT2D eigenvalue weighted by atomic mass is 16.5. The van der Waals surface area contributed by atoms with Crippen LogP contribution in [0.1, 0.15) is 28.8 Å². The number of amides is 2. The Labute approximate surface area is 179 Å². The van der Waals surface area contributed by atoms with Gasteiger partial charge < -0.3 is 9.84 Å². The van der Waals surface area contributed by atoms with Gasteiger partial charge >= 0.3 is 0 Å². The molecule has 0 aliphatic carbocycles. The lowest BCUT2D eigenvalue weighted by atomic mass is 9.97. The summed E-state index contributed by atoms with van der Waals surface area (Å²) < 4.78 is 5.24. The van der Waals surface area contributed by atoms with Gasteiger partial charge in [-0.1, -0.05) is 48.5 Å². The zero-order valence-electron chi connectivity index (χ0n) is 17.2. The SMILES string of the molecule is COc1ccc2cc([C@H](C)C(=O)NNC(=O)c3cc4ccccc4cc3O)ccc2c1. The van der Waals surface area contributed by atoms with E-state index < -0.39 is 11.8 Å². The minimum absolute atomic E-state index is 0.0892. The lowest BCUT2D eigenvalue weighted by molar-refractivity contribution is -0.123. The Morgan fingerprint density at radius 2 is 1.48 bits per heavy atom. The Kier molecular flexibility index (Phi) is 5.45. The first-order chi connectivity index (χ1) is 15.0. The summed E-state index contributed by atoms with van der Waals surface area (Å²) in [5.41, 5.74) is 5.75. The molecule has 6 heteroatoms. The molecular formula is C25H22N2O4. The molecule has 4 aromatic carbocycles. The standard InChI is InChI=1S/C25H22N2O4/c1-15(16-7-8-20-12-21(31-2)10-9-19(20)11-16)24(29)26-27-25(30)22-13-17-5-3-4-6-18(17)14-23(22)28/h3-15,28H,1-2H3,(H,26,29)(H,27,30)/t15-/m0/s1. The van der Waals surface area contributed by atoms with Crippen LogP contribution in [-0.4, -0.2) is 24.0 Å². The Bertz CT molecular complexity index is 1300. The number of nitrogens with one attached hydrogen (secondary N) is 2. The lowest BCUT2D eigenvalue weighted by Crippen LogP contribution is -2.43. The first-order valence-corrected chi connectivity index (χ1v) is 9.86. The van der Waals surface area contributed by atoms with Crippen LogP contribution in [0.2, 0.25) is 0 Å². The van der Waals surface area contributed by atoms with E-state index in [0.29, 0.717) is 0 Å². The molecule has 0 saturated carbocycles. The van der Waals surface area contributed by atoms with E-state index in [9.17, 15) is 14.7 Å². The smallest absolute Gasteiger partial charge is 0.273 e. The average Bonchev–Trinajstić information content (AvgIpc) is 2.80. The molecule has 0 heterocycles. The molecule has 0 aromatic heterocycles. The lowest BCUT2D eigenvalue weighted by Gasteiger charge is -2.15. The molecule has 0 saturated heterocycles. The van der Waals surface area contributed by atoms with Gasteiger partial charge in [-0.2, -0.15) is 0 Å². The third-order valence-electron chi connectivity index (χ3n) is 5.37. The number of carbonyl (C=O) groups excluding carboxylic acids is 2. The molecule has 0 aliphatic rings. The molecule has 3 N–H and O–H groups in total. The number of rotatable bonds is 4. The molecule has 0 bridgehead atoms. The van der Waals surface area contributed by atoms with Crippen LogP contribution in [0, 0.1) is 0 Å². The fourth-order valence-electron chi connectivity index (χ4n) is 3.49. The normalized spacial score (nSPS) is 11.8. The van der Waals surface area contributed by atoms with Crippen LogP contribution in [0.5, 0.6) is 11.5 Å². The van der Waals surface area contributed by atoms with Crippen LogP contribution < -0.4 is 15.6 Å². The highest BCUT2D eigenvalue weighted by Gasteiger charge is 2.18. The second kappa shape index (κ2) is 8.36. The third-order valence-corrected chi connectivity index (χ3v) is 5.37. The van der Waals surface area contributed by atoms with Gasteiger partial charge in [0.05, 0.1) is 18.6 Å². The van der Waals surface area contributed by atoms with E-state index in [1.165, 1.54) is 6.07 Å². The molecule has 0 radical (unpaired) electrons. The number of hydrogen-bond acceptors (Lipinski definition) is 4. The second-order valence-electron chi connectivity index (χ2n) is 7.35. The first kappa shape index (κ1) is 20.2. The van der Waals surface area contributed by atoms with Crippen molar-refractivity contribution >= 4 is 33.4 Å². The molecule has 1 atom stereocenters. The van der Waals surface area contributed by atoms with E-state index >= 15 is 0 Å². The molecule has 4 aromatic rings. The van der Waals surface area contributed by atoms with Gasteiger partial charge in [0.1, 0.15) is 11.5 Å². The van der Waals surface area contributed by atoms with Crippen molar-refractivity contribution in [2.24, 2.45) is 0 Å². The number of phenols is 1. The van der Waals surface area contributed by atoms with Crippen LogP contribution in [0.25, 0.3) is 21.5 Å². The molecule has 0 unspecified atom stereocenters. The quantitative estimate of drug-likeness (QED) is 0.435. The fraction of sp³-hybridized carbons (Fsp3) is 0.120. The predicted octanol–water partition coefficient (Wildman–Crippen LogP) is 4.27. The molecule has 0 aliphatic heterocycles. The van der Waals surface area contributed by atoms with Gasteiger partial charge in [-0.3, -0.25) is 20.4 Å². The van der Waals surface area contributed by atoms with Crippen molar-refractivity contribution in [3.05, 3.63) is 83.9 Å². The predicted molar refractivity (Wildman–Crippen MR) is 120 cm³/mol. The zero-order valence-corrected chi connectivity index (χ0v) is 17.2. The van der Waals surface area contributed by atoms with Crippen LogP contribution in [0.3, 0.4) is 0 Å². The Hall–Kier alpha value is -4.06. The number of fused-ring (bicyclic) bond motifs is 2. The number of benzene rings is 4. The number of aromatic hydroxyl groups is 1. The van der Waals surface area contributed by atoms with Crippen LogP contribution >= 0.6 is 0 Å².